The highest BCUT2D eigenvalue weighted by molar-refractivity contribution is 6.30. The van der Waals surface area contributed by atoms with Crippen LogP contribution in [0.4, 0.5) is 4.79 Å². The standard InChI is InChI=1S/C19H26ClN3O/c1-3-11-23(12-4-2)19(24)21-18-9-13-22(14-10-18)15-16-5-7-17(20)8-6-16/h3-8,18H,1-2,9-15H2,(H,21,24). The molecule has 0 radical (unpaired) electrons. The van der Waals surface area contributed by atoms with Gasteiger partial charge in [-0.1, -0.05) is 35.9 Å². The molecule has 5 heteroatoms. The first-order valence-electron chi connectivity index (χ1n) is 8.36. The lowest BCUT2D eigenvalue weighted by Gasteiger charge is -2.33. The number of nitrogens with one attached hydrogen (secondary N) is 1. The molecule has 1 heterocycles. The van der Waals surface area contributed by atoms with Crippen molar-refractivity contribution in [3.8, 4) is 0 Å². The lowest BCUT2D eigenvalue weighted by molar-refractivity contribution is 0.174. The number of carbonyl (C=O) groups excluding carboxylic acids is 1. The molecule has 1 N–H and O–H groups in total. The zero-order chi connectivity index (χ0) is 17.4. The number of carbonyl (C=O) groups is 1. The number of nitrogens with zero attached hydrogens (tertiary/aromatic N) is 2. The van der Waals surface area contributed by atoms with Crippen molar-refractivity contribution in [1.29, 1.82) is 0 Å². The molecule has 0 bridgehead atoms. The highest BCUT2D eigenvalue weighted by Gasteiger charge is 2.22. The van der Waals surface area contributed by atoms with Gasteiger partial charge in [0, 0.05) is 43.8 Å². The predicted molar refractivity (Wildman–Crippen MR) is 100 cm³/mol. The Labute approximate surface area is 149 Å². The molecule has 24 heavy (non-hydrogen) atoms. The summed E-state index contributed by atoms with van der Waals surface area (Å²) in [5.41, 5.74) is 1.27. The maximum absolute atomic E-state index is 12.3. The number of hydrogen-bond acceptors (Lipinski definition) is 2. The van der Waals surface area contributed by atoms with Crippen molar-refractivity contribution in [3.63, 3.8) is 0 Å². The molecule has 2 amide bonds. The topological polar surface area (TPSA) is 35.6 Å². The summed E-state index contributed by atoms with van der Waals surface area (Å²) in [4.78, 5) is 16.4. The second-order valence-electron chi connectivity index (χ2n) is 6.11. The third kappa shape index (κ3) is 5.69. The fourth-order valence-corrected chi connectivity index (χ4v) is 3.03. The minimum Gasteiger partial charge on any atom is -0.335 e. The summed E-state index contributed by atoms with van der Waals surface area (Å²) in [6, 6.07) is 8.19. The predicted octanol–water partition coefficient (Wildman–Crippen LogP) is 3.69. The van der Waals surface area contributed by atoms with E-state index in [9.17, 15) is 4.79 Å². The third-order valence-electron chi connectivity index (χ3n) is 4.22. The molecule has 0 aromatic heterocycles. The molecule has 1 aliphatic rings. The summed E-state index contributed by atoms with van der Waals surface area (Å²) < 4.78 is 0. The molecule has 0 unspecified atom stereocenters. The monoisotopic (exact) mass is 347 g/mol. The van der Waals surface area contributed by atoms with Crippen molar-refractivity contribution < 1.29 is 4.79 Å². The van der Waals surface area contributed by atoms with Gasteiger partial charge in [0.2, 0.25) is 0 Å². The first kappa shape index (κ1) is 18.6. The van der Waals surface area contributed by atoms with Crippen LogP contribution in [-0.4, -0.2) is 48.1 Å². The van der Waals surface area contributed by atoms with Gasteiger partial charge in [0.25, 0.3) is 0 Å². The number of halogens is 1. The zero-order valence-electron chi connectivity index (χ0n) is 14.1. The van der Waals surface area contributed by atoms with Crippen LogP contribution in [0.3, 0.4) is 0 Å². The van der Waals surface area contributed by atoms with Crippen LogP contribution in [0.1, 0.15) is 18.4 Å². The van der Waals surface area contributed by atoms with E-state index in [1.807, 2.05) is 12.1 Å². The van der Waals surface area contributed by atoms with E-state index in [-0.39, 0.29) is 12.1 Å². The number of urea groups is 1. The summed E-state index contributed by atoms with van der Waals surface area (Å²) in [7, 11) is 0. The average Bonchev–Trinajstić information content (AvgIpc) is 2.58. The minimum atomic E-state index is -0.0362. The highest BCUT2D eigenvalue weighted by Crippen LogP contribution is 2.16. The van der Waals surface area contributed by atoms with Crippen LogP contribution < -0.4 is 5.32 Å². The molecule has 1 aliphatic heterocycles. The Morgan fingerprint density at radius 1 is 1.21 bits per heavy atom. The van der Waals surface area contributed by atoms with Gasteiger partial charge in [-0.3, -0.25) is 4.90 Å². The molecule has 0 atom stereocenters. The van der Waals surface area contributed by atoms with E-state index in [0.29, 0.717) is 13.1 Å². The van der Waals surface area contributed by atoms with Gasteiger partial charge >= 0.3 is 6.03 Å². The first-order chi connectivity index (χ1) is 11.6. The third-order valence-corrected chi connectivity index (χ3v) is 4.47. The normalized spacial score (nSPS) is 15.7. The number of likely N-dealkylation sites (tertiary alicyclic amines) is 1. The molecule has 1 saturated heterocycles. The van der Waals surface area contributed by atoms with E-state index in [0.717, 1.165) is 37.5 Å². The van der Waals surface area contributed by atoms with Crippen LogP contribution >= 0.6 is 11.6 Å². The Morgan fingerprint density at radius 3 is 2.33 bits per heavy atom. The van der Waals surface area contributed by atoms with Crippen LogP contribution in [0, 0.1) is 0 Å². The van der Waals surface area contributed by atoms with Crippen LogP contribution in [0.2, 0.25) is 5.02 Å². The second kappa shape index (κ2) is 9.50. The lowest BCUT2D eigenvalue weighted by Crippen LogP contribution is -2.49. The molecular weight excluding hydrogens is 322 g/mol. The van der Waals surface area contributed by atoms with Crippen molar-refractivity contribution in [3.05, 3.63) is 60.2 Å². The van der Waals surface area contributed by atoms with E-state index in [1.165, 1.54) is 5.56 Å². The molecule has 4 nitrogen and oxygen atoms in total. The largest absolute Gasteiger partial charge is 0.335 e. The maximum atomic E-state index is 12.3. The molecule has 1 aromatic rings. The van der Waals surface area contributed by atoms with Gasteiger partial charge < -0.3 is 10.2 Å². The number of hydrogen-bond donors (Lipinski definition) is 1. The zero-order valence-corrected chi connectivity index (χ0v) is 14.8. The molecule has 0 aliphatic carbocycles. The number of benzene rings is 1. The Morgan fingerprint density at radius 2 is 1.79 bits per heavy atom. The van der Waals surface area contributed by atoms with Crippen LogP contribution in [-0.2, 0) is 6.54 Å². The first-order valence-corrected chi connectivity index (χ1v) is 8.74. The second-order valence-corrected chi connectivity index (χ2v) is 6.55. The van der Waals surface area contributed by atoms with Crippen molar-refractivity contribution >= 4 is 17.6 Å². The van der Waals surface area contributed by atoms with Gasteiger partial charge in [-0.25, -0.2) is 4.79 Å². The van der Waals surface area contributed by atoms with E-state index in [1.54, 1.807) is 17.1 Å². The molecule has 1 aromatic carbocycles. The maximum Gasteiger partial charge on any atom is 0.318 e. The molecule has 1 fully saturated rings. The molecule has 0 saturated carbocycles. The van der Waals surface area contributed by atoms with Crippen molar-refractivity contribution in [2.75, 3.05) is 26.2 Å². The average molecular weight is 348 g/mol. The van der Waals surface area contributed by atoms with Crippen LogP contribution in [0.15, 0.2) is 49.6 Å². The van der Waals surface area contributed by atoms with E-state index in [2.05, 4.69) is 35.5 Å². The summed E-state index contributed by atoms with van der Waals surface area (Å²) >= 11 is 5.92. The fourth-order valence-electron chi connectivity index (χ4n) is 2.90. The van der Waals surface area contributed by atoms with Crippen molar-refractivity contribution in [1.82, 2.24) is 15.1 Å². The smallest absolute Gasteiger partial charge is 0.318 e. The van der Waals surface area contributed by atoms with Gasteiger partial charge in [0.15, 0.2) is 0 Å². The minimum absolute atomic E-state index is 0.0362. The van der Waals surface area contributed by atoms with Gasteiger partial charge in [0.1, 0.15) is 0 Å². The van der Waals surface area contributed by atoms with E-state index >= 15 is 0 Å². The molecular formula is C19H26ClN3O. The number of piperidine rings is 1. The van der Waals surface area contributed by atoms with Crippen LogP contribution in [0.25, 0.3) is 0 Å². The van der Waals surface area contributed by atoms with Crippen LogP contribution in [0.5, 0.6) is 0 Å². The quantitative estimate of drug-likeness (QED) is 0.763. The summed E-state index contributed by atoms with van der Waals surface area (Å²) in [6.07, 6.45) is 5.40. The Kier molecular flexibility index (Phi) is 7.35. The Bertz CT molecular complexity index is 540. The SMILES string of the molecule is C=CCN(CC=C)C(=O)NC1CCN(Cc2ccc(Cl)cc2)CC1. The van der Waals surface area contributed by atoms with Gasteiger partial charge in [0.05, 0.1) is 0 Å². The van der Waals surface area contributed by atoms with Gasteiger partial charge in [-0.2, -0.15) is 0 Å². The Balaban J connectivity index is 1.77. The molecule has 2 rings (SSSR count). The number of amides is 2. The summed E-state index contributed by atoms with van der Waals surface area (Å²) in [5, 5.41) is 3.90. The van der Waals surface area contributed by atoms with Gasteiger partial charge in [-0.05, 0) is 30.5 Å². The summed E-state index contributed by atoms with van der Waals surface area (Å²) in [6.45, 7) is 11.4. The summed E-state index contributed by atoms with van der Waals surface area (Å²) in [5.74, 6) is 0. The molecule has 130 valence electrons. The molecule has 0 spiro atoms. The van der Waals surface area contributed by atoms with Crippen molar-refractivity contribution in [2.24, 2.45) is 0 Å². The van der Waals surface area contributed by atoms with E-state index in [4.69, 9.17) is 11.6 Å². The van der Waals surface area contributed by atoms with Crippen molar-refractivity contribution in [2.45, 2.75) is 25.4 Å². The number of rotatable bonds is 7. The van der Waals surface area contributed by atoms with Gasteiger partial charge in [-0.15, -0.1) is 13.2 Å². The lowest BCUT2D eigenvalue weighted by atomic mass is 10.0. The Hall–Kier alpha value is -1.78. The van der Waals surface area contributed by atoms with E-state index < -0.39 is 0 Å². The highest BCUT2D eigenvalue weighted by atomic mass is 35.5. The fraction of sp³-hybridized carbons (Fsp3) is 0.421.